The van der Waals surface area contributed by atoms with E-state index in [0.29, 0.717) is 29.4 Å². The second-order valence-corrected chi connectivity index (χ2v) is 5.60. The van der Waals surface area contributed by atoms with Gasteiger partial charge in [0, 0.05) is 32.7 Å². The number of hydrogen-bond donors (Lipinski definition) is 1. The van der Waals surface area contributed by atoms with Crippen molar-refractivity contribution >= 4 is 29.3 Å². The number of urea groups is 1. The molecule has 1 N–H and O–H groups in total. The molecule has 0 radical (unpaired) electrons. The van der Waals surface area contributed by atoms with Crippen LogP contribution in [0.4, 0.5) is 10.5 Å². The van der Waals surface area contributed by atoms with E-state index >= 15 is 0 Å². The first kappa shape index (κ1) is 17.3. The van der Waals surface area contributed by atoms with Gasteiger partial charge in [-0.3, -0.25) is 4.90 Å². The fourth-order valence-electron chi connectivity index (χ4n) is 2.38. The molecular formula is C16H20ClN3O3. The van der Waals surface area contributed by atoms with Gasteiger partial charge in [0.1, 0.15) is 0 Å². The summed E-state index contributed by atoms with van der Waals surface area (Å²) in [5, 5.41) is 3.13. The minimum Gasteiger partial charge on any atom is -0.465 e. The molecule has 0 saturated carbocycles. The van der Waals surface area contributed by atoms with E-state index in [2.05, 4.69) is 21.5 Å². The van der Waals surface area contributed by atoms with Crippen molar-refractivity contribution < 1.29 is 14.3 Å². The van der Waals surface area contributed by atoms with Crippen molar-refractivity contribution in [1.29, 1.82) is 0 Å². The Balaban J connectivity index is 2.00. The SMILES string of the molecule is C=CCN1CCN(C(=O)Nc2cc(C(=O)OC)ccc2Cl)CC1. The molecule has 0 unspecified atom stereocenters. The van der Waals surface area contributed by atoms with E-state index in [9.17, 15) is 9.59 Å². The van der Waals surface area contributed by atoms with Crippen LogP contribution in [0.25, 0.3) is 0 Å². The number of piperazine rings is 1. The van der Waals surface area contributed by atoms with Gasteiger partial charge in [0.25, 0.3) is 0 Å². The summed E-state index contributed by atoms with van der Waals surface area (Å²) in [4.78, 5) is 27.8. The summed E-state index contributed by atoms with van der Waals surface area (Å²) in [6, 6.07) is 4.40. The normalized spacial score (nSPS) is 15.1. The van der Waals surface area contributed by atoms with Gasteiger partial charge in [-0.25, -0.2) is 9.59 Å². The van der Waals surface area contributed by atoms with E-state index in [4.69, 9.17) is 11.6 Å². The molecule has 2 rings (SSSR count). The topological polar surface area (TPSA) is 61.9 Å². The monoisotopic (exact) mass is 337 g/mol. The summed E-state index contributed by atoms with van der Waals surface area (Å²) in [7, 11) is 1.30. The number of ether oxygens (including phenoxy) is 1. The molecule has 1 saturated heterocycles. The standard InChI is InChI=1S/C16H20ClN3O3/c1-3-6-19-7-9-20(10-8-19)16(22)18-14-11-12(15(21)23-2)4-5-13(14)17/h3-5,11H,1,6-10H2,2H3,(H,18,22). The largest absolute Gasteiger partial charge is 0.465 e. The maximum absolute atomic E-state index is 12.3. The number of hydrogen-bond acceptors (Lipinski definition) is 4. The number of esters is 1. The second-order valence-electron chi connectivity index (χ2n) is 5.19. The first-order valence-electron chi connectivity index (χ1n) is 7.32. The van der Waals surface area contributed by atoms with Crippen LogP contribution in [-0.4, -0.2) is 61.6 Å². The average Bonchev–Trinajstić information content (AvgIpc) is 2.57. The van der Waals surface area contributed by atoms with Gasteiger partial charge in [-0.05, 0) is 18.2 Å². The van der Waals surface area contributed by atoms with Crippen LogP contribution in [0.2, 0.25) is 5.02 Å². The van der Waals surface area contributed by atoms with Gasteiger partial charge in [-0.2, -0.15) is 0 Å². The van der Waals surface area contributed by atoms with E-state index < -0.39 is 5.97 Å². The fraction of sp³-hybridized carbons (Fsp3) is 0.375. The molecule has 7 heteroatoms. The minimum atomic E-state index is -0.477. The average molecular weight is 338 g/mol. The number of methoxy groups -OCH3 is 1. The van der Waals surface area contributed by atoms with Crippen LogP contribution in [0.1, 0.15) is 10.4 Å². The van der Waals surface area contributed by atoms with Crippen molar-refractivity contribution in [2.24, 2.45) is 0 Å². The molecule has 1 aliphatic rings. The first-order chi connectivity index (χ1) is 11.0. The number of rotatable bonds is 4. The zero-order valence-electron chi connectivity index (χ0n) is 13.0. The number of benzene rings is 1. The number of amides is 2. The minimum absolute atomic E-state index is 0.229. The Hall–Kier alpha value is -2.05. The molecule has 0 aliphatic carbocycles. The Kier molecular flexibility index (Phi) is 6.01. The van der Waals surface area contributed by atoms with Crippen molar-refractivity contribution in [3.8, 4) is 0 Å². The predicted molar refractivity (Wildman–Crippen MR) is 90.0 cm³/mol. The van der Waals surface area contributed by atoms with Gasteiger partial charge in [-0.1, -0.05) is 17.7 Å². The highest BCUT2D eigenvalue weighted by atomic mass is 35.5. The number of anilines is 1. The van der Waals surface area contributed by atoms with Crippen molar-refractivity contribution in [2.75, 3.05) is 45.2 Å². The summed E-state index contributed by atoms with van der Waals surface area (Å²) in [5.74, 6) is -0.477. The molecule has 23 heavy (non-hydrogen) atoms. The van der Waals surface area contributed by atoms with Crippen LogP contribution in [-0.2, 0) is 4.74 Å². The van der Waals surface area contributed by atoms with Gasteiger partial charge >= 0.3 is 12.0 Å². The van der Waals surface area contributed by atoms with Crippen LogP contribution in [0, 0.1) is 0 Å². The molecule has 1 aliphatic heterocycles. The molecule has 0 bridgehead atoms. The van der Waals surface area contributed by atoms with Gasteiger partial charge in [-0.15, -0.1) is 6.58 Å². The van der Waals surface area contributed by atoms with Gasteiger partial charge < -0.3 is 15.0 Å². The van der Waals surface area contributed by atoms with Gasteiger partial charge in [0.05, 0.1) is 23.4 Å². The third-order valence-corrected chi connectivity index (χ3v) is 4.01. The zero-order chi connectivity index (χ0) is 16.8. The number of nitrogens with zero attached hydrogens (tertiary/aromatic N) is 2. The van der Waals surface area contributed by atoms with Gasteiger partial charge in [0.15, 0.2) is 0 Å². The van der Waals surface area contributed by atoms with Crippen LogP contribution in [0.15, 0.2) is 30.9 Å². The molecule has 2 amide bonds. The lowest BCUT2D eigenvalue weighted by Gasteiger charge is -2.34. The van der Waals surface area contributed by atoms with E-state index in [1.54, 1.807) is 17.0 Å². The highest BCUT2D eigenvalue weighted by molar-refractivity contribution is 6.33. The van der Waals surface area contributed by atoms with E-state index in [1.165, 1.54) is 13.2 Å². The molecule has 0 spiro atoms. The molecule has 6 nitrogen and oxygen atoms in total. The number of carbonyl (C=O) groups excluding carboxylic acids is 2. The molecule has 0 aromatic heterocycles. The number of nitrogens with one attached hydrogen (secondary N) is 1. The Labute approximate surface area is 140 Å². The lowest BCUT2D eigenvalue weighted by atomic mass is 10.2. The maximum atomic E-state index is 12.3. The predicted octanol–water partition coefficient (Wildman–Crippen LogP) is 2.46. The number of halogens is 1. The molecule has 0 atom stereocenters. The molecule has 1 fully saturated rings. The summed E-state index contributed by atoms with van der Waals surface area (Å²) < 4.78 is 4.67. The Morgan fingerprint density at radius 3 is 2.65 bits per heavy atom. The highest BCUT2D eigenvalue weighted by Crippen LogP contribution is 2.24. The molecular weight excluding hydrogens is 318 g/mol. The van der Waals surface area contributed by atoms with Crippen molar-refractivity contribution in [2.45, 2.75) is 0 Å². The summed E-state index contributed by atoms with van der Waals surface area (Å²) in [5.41, 5.74) is 0.732. The Bertz CT molecular complexity index is 598. The number of carbonyl (C=O) groups is 2. The lowest BCUT2D eigenvalue weighted by Crippen LogP contribution is -2.49. The molecule has 124 valence electrons. The zero-order valence-corrected chi connectivity index (χ0v) is 13.8. The fourth-order valence-corrected chi connectivity index (χ4v) is 2.54. The lowest BCUT2D eigenvalue weighted by molar-refractivity contribution is 0.0600. The van der Waals surface area contributed by atoms with Crippen LogP contribution >= 0.6 is 11.6 Å². The molecule has 1 aromatic carbocycles. The van der Waals surface area contributed by atoms with E-state index in [1.807, 2.05) is 6.08 Å². The Morgan fingerprint density at radius 1 is 1.35 bits per heavy atom. The third kappa shape index (κ3) is 4.46. The molecule has 1 aromatic rings. The highest BCUT2D eigenvalue weighted by Gasteiger charge is 2.21. The van der Waals surface area contributed by atoms with Crippen molar-refractivity contribution in [3.63, 3.8) is 0 Å². The van der Waals surface area contributed by atoms with Crippen LogP contribution in [0.5, 0.6) is 0 Å². The summed E-state index contributed by atoms with van der Waals surface area (Å²) in [6.45, 7) is 7.41. The first-order valence-corrected chi connectivity index (χ1v) is 7.70. The van der Waals surface area contributed by atoms with Crippen molar-refractivity contribution in [3.05, 3.63) is 41.4 Å². The third-order valence-electron chi connectivity index (χ3n) is 3.68. The quantitative estimate of drug-likeness (QED) is 0.677. The summed E-state index contributed by atoms with van der Waals surface area (Å²) in [6.07, 6.45) is 1.85. The van der Waals surface area contributed by atoms with Gasteiger partial charge in [0.2, 0.25) is 0 Å². The Morgan fingerprint density at radius 2 is 2.04 bits per heavy atom. The van der Waals surface area contributed by atoms with Crippen molar-refractivity contribution in [1.82, 2.24) is 9.80 Å². The maximum Gasteiger partial charge on any atom is 0.337 e. The molecule has 1 heterocycles. The smallest absolute Gasteiger partial charge is 0.337 e. The van der Waals surface area contributed by atoms with E-state index in [-0.39, 0.29) is 6.03 Å². The van der Waals surface area contributed by atoms with E-state index in [0.717, 1.165) is 19.6 Å². The second kappa shape index (κ2) is 7.99. The van der Waals surface area contributed by atoms with Crippen LogP contribution < -0.4 is 5.32 Å². The summed E-state index contributed by atoms with van der Waals surface area (Å²) >= 11 is 6.09. The van der Waals surface area contributed by atoms with Crippen LogP contribution in [0.3, 0.4) is 0 Å².